The van der Waals surface area contributed by atoms with Crippen LogP contribution in [0.4, 0.5) is 0 Å². The molecule has 2 N–H and O–H groups in total. The Balaban J connectivity index is 2.18. The summed E-state index contributed by atoms with van der Waals surface area (Å²) in [6.07, 6.45) is 0. The third kappa shape index (κ3) is 2.35. The number of fused-ring (bicyclic) bond motifs is 1. The molecule has 0 amide bonds. The third-order valence-electron chi connectivity index (χ3n) is 3.05. The van der Waals surface area contributed by atoms with E-state index in [-0.39, 0.29) is 6.04 Å². The Morgan fingerprint density at radius 2 is 2.12 bits per heavy atom. The molecule has 2 rings (SSSR count). The van der Waals surface area contributed by atoms with Gasteiger partial charge in [0, 0.05) is 18.7 Å². The molecule has 1 heterocycles. The Labute approximate surface area is 102 Å². The summed E-state index contributed by atoms with van der Waals surface area (Å²) in [7, 11) is 0. The van der Waals surface area contributed by atoms with Gasteiger partial charge in [-0.25, -0.2) is 4.99 Å². The Morgan fingerprint density at radius 3 is 2.82 bits per heavy atom. The van der Waals surface area contributed by atoms with Crippen molar-refractivity contribution in [1.29, 1.82) is 0 Å². The minimum atomic E-state index is 0.0341. The van der Waals surface area contributed by atoms with Crippen molar-refractivity contribution in [3.8, 4) is 5.75 Å². The zero-order valence-electron chi connectivity index (χ0n) is 10.4. The highest BCUT2D eigenvalue weighted by molar-refractivity contribution is 5.78. The maximum atomic E-state index is 6.00. The first kappa shape index (κ1) is 11.8. The SMILES string of the molecule is CCN(CC)C(N)=NC1COc2ccccc21. The van der Waals surface area contributed by atoms with Crippen LogP contribution in [0.1, 0.15) is 25.5 Å². The average Bonchev–Trinajstić information content (AvgIpc) is 2.74. The molecule has 0 fully saturated rings. The van der Waals surface area contributed by atoms with Gasteiger partial charge < -0.3 is 15.4 Å². The minimum absolute atomic E-state index is 0.0341. The van der Waals surface area contributed by atoms with Crippen LogP contribution in [0.5, 0.6) is 5.75 Å². The number of para-hydroxylation sites is 1. The van der Waals surface area contributed by atoms with Gasteiger partial charge >= 0.3 is 0 Å². The molecule has 1 aromatic carbocycles. The number of rotatable bonds is 3. The Kier molecular flexibility index (Phi) is 3.52. The van der Waals surface area contributed by atoms with Gasteiger partial charge in [0.05, 0.1) is 0 Å². The predicted octanol–water partition coefficient (Wildman–Crippen LogP) is 1.78. The number of nitrogens with two attached hydrogens (primary N) is 1. The topological polar surface area (TPSA) is 50.8 Å². The van der Waals surface area contributed by atoms with Gasteiger partial charge in [-0.2, -0.15) is 0 Å². The lowest BCUT2D eigenvalue weighted by molar-refractivity contribution is 0.332. The second-order valence-electron chi connectivity index (χ2n) is 4.02. The van der Waals surface area contributed by atoms with Crippen LogP contribution in [-0.4, -0.2) is 30.6 Å². The van der Waals surface area contributed by atoms with Crippen LogP contribution in [0.25, 0.3) is 0 Å². The summed E-state index contributed by atoms with van der Waals surface area (Å²) >= 11 is 0. The minimum Gasteiger partial charge on any atom is -0.491 e. The van der Waals surface area contributed by atoms with Crippen molar-refractivity contribution in [3.05, 3.63) is 29.8 Å². The highest BCUT2D eigenvalue weighted by Gasteiger charge is 2.23. The van der Waals surface area contributed by atoms with Crippen molar-refractivity contribution in [2.75, 3.05) is 19.7 Å². The van der Waals surface area contributed by atoms with E-state index in [1.165, 1.54) is 0 Å². The number of hydrogen-bond donors (Lipinski definition) is 1. The monoisotopic (exact) mass is 233 g/mol. The molecular formula is C13H19N3O. The van der Waals surface area contributed by atoms with Crippen LogP contribution in [0.3, 0.4) is 0 Å². The van der Waals surface area contributed by atoms with Gasteiger partial charge in [0.15, 0.2) is 5.96 Å². The molecule has 0 radical (unpaired) electrons. The van der Waals surface area contributed by atoms with Crippen LogP contribution in [-0.2, 0) is 0 Å². The van der Waals surface area contributed by atoms with E-state index in [0.717, 1.165) is 24.4 Å². The van der Waals surface area contributed by atoms with Crippen molar-refractivity contribution in [1.82, 2.24) is 4.90 Å². The molecule has 0 aromatic heterocycles. The van der Waals surface area contributed by atoms with Gasteiger partial charge in [0.25, 0.3) is 0 Å². The smallest absolute Gasteiger partial charge is 0.191 e. The van der Waals surface area contributed by atoms with Gasteiger partial charge in [0.1, 0.15) is 18.4 Å². The molecule has 1 aliphatic rings. The van der Waals surface area contributed by atoms with E-state index >= 15 is 0 Å². The molecule has 1 unspecified atom stereocenters. The maximum absolute atomic E-state index is 6.00. The molecule has 0 spiro atoms. The van der Waals surface area contributed by atoms with E-state index in [1.807, 2.05) is 29.2 Å². The highest BCUT2D eigenvalue weighted by atomic mass is 16.5. The molecule has 1 aromatic rings. The number of benzene rings is 1. The van der Waals surface area contributed by atoms with E-state index in [0.29, 0.717) is 12.6 Å². The summed E-state index contributed by atoms with van der Waals surface area (Å²) in [4.78, 5) is 6.60. The number of aliphatic imine (C=N–C) groups is 1. The summed E-state index contributed by atoms with van der Waals surface area (Å²) in [5.41, 5.74) is 7.12. The van der Waals surface area contributed by atoms with Crippen molar-refractivity contribution < 1.29 is 4.74 Å². The number of guanidine groups is 1. The molecule has 4 nitrogen and oxygen atoms in total. The van der Waals surface area contributed by atoms with Gasteiger partial charge in [-0.05, 0) is 19.9 Å². The predicted molar refractivity (Wildman–Crippen MR) is 69.2 cm³/mol. The van der Waals surface area contributed by atoms with Crippen LogP contribution >= 0.6 is 0 Å². The van der Waals surface area contributed by atoms with Crippen LogP contribution < -0.4 is 10.5 Å². The van der Waals surface area contributed by atoms with Crippen molar-refractivity contribution >= 4 is 5.96 Å². The summed E-state index contributed by atoms with van der Waals surface area (Å²) < 4.78 is 5.58. The Hall–Kier alpha value is -1.71. The average molecular weight is 233 g/mol. The number of nitrogens with zero attached hydrogens (tertiary/aromatic N) is 2. The standard InChI is InChI=1S/C13H19N3O/c1-3-16(4-2)13(14)15-11-9-17-12-8-6-5-7-10(11)12/h5-8,11H,3-4,9H2,1-2H3,(H2,14,15). The van der Waals surface area contributed by atoms with Crippen molar-refractivity contribution in [3.63, 3.8) is 0 Å². The molecule has 1 atom stereocenters. The quantitative estimate of drug-likeness (QED) is 0.639. The summed E-state index contributed by atoms with van der Waals surface area (Å²) in [6, 6.07) is 8.03. The van der Waals surface area contributed by atoms with Gasteiger partial charge in [0.2, 0.25) is 0 Å². The molecule has 92 valence electrons. The van der Waals surface area contributed by atoms with E-state index in [4.69, 9.17) is 10.5 Å². The van der Waals surface area contributed by atoms with E-state index in [9.17, 15) is 0 Å². The largest absolute Gasteiger partial charge is 0.491 e. The Bertz CT molecular complexity index is 413. The lowest BCUT2D eigenvalue weighted by atomic mass is 10.1. The molecule has 0 saturated carbocycles. The third-order valence-corrected chi connectivity index (χ3v) is 3.05. The Morgan fingerprint density at radius 1 is 1.41 bits per heavy atom. The first-order valence-electron chi connectivity index (χ1n) is 6.06. The van der Waals surface area contributed by atoms with Gasteiger partial charge in [-0.3, -0.25) is 0 Å². The molecule has 0 aliphatic carbocycles. The molecule has 0 bridgehead atoms. The fourth-order valence-electron chi connectivity index (χ4n) is 2.04. The number of ether oxygens (including phenoxy) is 1. The van der Waals surface area contributed by atoms with E-state index in [1.54, 1.807) is 0 Å². The first-order chi connectivity index (χ1) is 8.26. The molecule has 17 heavy (non-hydrogen) atoms. The van der Waals surface area contributed by atoms with E-state index < -0.39 is 0 Å². The maximum Gasteiger partial charge on any atom is 0.191 e. The van der Waals surface area contributed by atoms with Crippen LogP contribution in [0.2, 0.25) is 0 Å². The number of hydrogen-bond acceptors (Lipinski definition) is 2. The van der Waals surface area contributed by atoms with Crippen LogP contribution in [0.15, 0.2) is 29.3 Å². The fourth-order valence-corrected chi connectivity index (χ4v) is 2.04. The lowest BCUT2D eigenvalue weighted by Gasteiger charge is -2.20. The molecule has 0 saturated heterocycles. The van der Waals surface area contributed by atoms with Crippen molar-refractivity contribution in [2.45, 2.75) is 19.9 Å². The highest BCUT2D eigenvalue weighted by Crippen LogP contribution is 2.34. The normalized spacial score (nSPS) is 18.7. The molecule has 1 aliphatic heterocycles. The fraction of sp³-hybridized carbons (Fsp3) is 0.462. The second kappa shape index (κ2) is 5.08. The zero-order valence-corrected chi connectivity index (χ0v) is 10.4. The molecular weight excluding hydrogens is 214 g/mol. The van der Waals surface area contributed by atoms with E-state index in [2.05, 4.69) is 18.8 Å². The van der Waals surface area contributed by atoms with Gasteiger partial charge in [-0.1, -0.05) is 18.2 Å². The summed E-state index contributed by atoms with van der Waals surface area (Å²) in [6.45, 7) is 6.49. The summed E-state index contributed by atoms with van der Waals surface area (Å²) in [5, 5.41) is 0. The zero-order chi connectivity index (χ0) is 12.3. The van der Waals surface area contributed by atoms with Crippen LogP contribution in [0, 0.1) is 0 Å². The first-order valence-corrected chi connectivity index (χ1v) is 6.06. The van der Waals surface area contributed by atoms with Gasteiger partial charge in [-0.15, -0.1) is 0 Å². The summed E-state index contributed by atoms with van der Waals surface area (Å²) in [5.74, 6) is 1.52. The second-order valence-corrected chi connectivity index (χ2v) is 4.02. The molecule has 4 heteroatoms. The lowest BCUT2D eigenvalue weighted by Crippen LogP contribution is -2.37. The van der Waals surface area contributed by atoms with Crippen molar-refractivity contribution in [2.24, 2.45) is 10.7 Å².